The molecule has 5 nitrogen and oxygen atoms in total. The molecule has 118 valence electrons. The molecule has 0 amide bonds. The van der Waals surface area contributed by atoms with E-state index in [-0.39, 0.29) is 12.1 Å². The molecule has 1 aliphatic heterocycles. The zero-order valence-electron chi connectivity index (χ0n) is 13.1. The lowest BCUT2D eigenvalue weighted by molar-refractivity contribution is 0.149. The first-order chi connectivity index (χ1) is 10.2. The van der Waals surface area contributed by atoms with Gasteiger partial charge in [-0.05, 0) is 30.5 Å². The van der Waals surface area contributed by atoms with Crippen LogP contribution in [0.15, 0.2) is 12.1 Å². The molecule has 1 aromatic rings. The number of nitrogens with one attached hydrogen (secondary N) is 1. The average Bonchev–Trinajstić information content (AvgIpc) is 2.56. The van der Waals surface area contributed by atoms with Crippen LogP contribution >= 0.6 is 0 Å². The topological polar surface area (TPSA) is 60.0 Å². The van der Waals surface area contributed by atoms with E-state index in [4.69, 9.17) is 14.2 Å². The van der Waals surface area contributed by atoms with Crippen molar-refractivity contribution in [1.29, 1.82) is 0 Å². The highest BCUT2D eigenvalue weighted by atomic mass is 16.6. The van der Waals surface area contributed by atoms with Crippen molar-refractivity contribution < 1.29 is 19.3 Å². The number of aliphatic hydroxyl groups is 1. The Bertz CT molecular complexity index is 446. The maximum absolute atomic E-state index is 9.62. The summed E-state index contributed by atoms with van der Waals surface area (Å²) in [4.78, 5) is 0. The van der Waals surface area contributed by atoms with Crippen LogP contribution in [0.2, 0.25) is 0 Å². The zero-order valence-corrected chi connectivity index (χ0v) is 13.1. The van der Waals surface area contributed by atoms with Gasteiger partial charge in [-0.1, -0.05) is 13.8 Å². The lowest BCUT2D eigenvalue weighted by Gasteiger charge is -2.31. The van der Waals surface area contributed by atoms with Crippen molar-refractivity contribution >= 4 is 0 Å². The predicted molar refractivity (Wildman–Crippen MR) is 81.2 cm³/mol. The molecule has 0 atom stereocenters. The van der Waals surface area contributed by atoms with Crippen molar-refractivity contribution in [3.05, 3.63) is 17.7 Å². The Balaban J connectivity index is 2.17. The summed E-state index contributed by atoms with van der Waals surface area (Å²) < 4.78 is 16.6. The van der Waals surface area contributed by atoms with Gasteiger partial charge in [0.05, 0.1) is 13.7 Å². The fourth-order valence-electron chi connectivity index (χ4n) is 2.50. The molecule has 0 aliphatic carbocycles. The summed E-state index contributed by atoms with van der Waals surface area (Å²) >= 11 is 0. The van der Waals surface area contributed by atoms with E-state index < -0.39 is 0 Å². The first-order valence-electron chi connectivity index (χ1n) is 7.50. The Hall–Kier alpha value is -1.46. The summed E-state index contributed by atoms with van der Waals surface area (Å²) in [5.74, 6) is 2.08. The molecular weight excluding hydrogens is 270 g/mol. The molecule has 0 saturated carbocycles. The van der Waals surface area contributed by atoms with Crippen LogP contribution in [-0.4, -0.2) is 37.6 Å². The minimum atomic E-state index is -0.236. The molecule has 0 saturated heterocycles. The van der Waals surface area contributed by atoms with E-state index in [1.165, 1.54) is 0 Å². The molecule has 5 heteroatoms. The first-order valence-corrected chi connectivity index (χ1v) is 7.50. The van der Waals surface area contributed by atoms with E-state index in [1.54, 1.807) is 7.11 Å². The zero-order chi connectivity index (χ0) is 15.3. The smallest absolute Gasteiger partial charge is 0.203 e. The molecule has 1 aliphatic rings. The number of hydrogen-bond donors (Lipinski definition) is 2. The van der Waals surface area contributed by atoms with Gasteiger partial charge in [0.15, 0.2) is 11.5 Å². The van der Waals surface area contributed by atoms with Crippen LogP contribution in [0, 0.1) is 0 Å². The van der Waals surface area contributed by atoms with Gasteiger partial charge in [-0.3, -0.25) is 0 Å². The third kappa shape index (κ3) is 3.41. The number of ether oxygens (including phenoxy) is 3. The van der Waals surface area contributed by atoms with Gasteiger partial charge in [0.25, 0.3) is 0 Å². The third-order valence-corrected chi connectivity index (χ3v) is 4.21. The van der Waals surface area contributed by atoms with Crippen LogP contribution in [0.1, 0.15) is 32.3 Å². The van der Waals surface area contributed by atoms with Crippen LogP contribution in [0.5, 0.6) is 17.2 Å². The Kier molecular flexibility index (Phi) is 5.31. The maximum atomic E-state index is 9.62. The largest absolute Gasteiger partial charge is 0.493 e. The van der Waals surface area contributed by atoms with Crippen molar-refractivity contribution in [3.8, 4) is 17.2 Å². The maximum Gasteiger partial charge on any atom is 0.203 e. The highest BCUT2D eigenvalue weighted by molar-refractivity contribution is 5.54. The van der Waals surface area contributed by atoms with Gasteiger partial charge < -0.3 is 24.6 Å². The van der Waals surface area contributed by atoms with E-state index in [0.717, 1.165) is 24.2 Å². The van der Waals surface area contributed by atoms with E-state index in [0.29, 0.717) is 31.3 Å². The minimum Gasteiger partial charge on any atom is -0.493 e. The van der Waals surface area contributed by atoms with Crippen LogP contribution in [0.3, 0.4) is 0 Å². The number of hydrogen-bond acceptors (Lipinski definition) is 5. The Morgan fingerprint density at radius 3 is 2.57 bits per heavy atom. The monoisotopic (exact) mass is 295 g/mol. The van der Waals surface area contributed by atoms with E-state index in [2.05, 4.69) is 19.2 Å². The van der Waals surface area contributed by atoms with Crippen LogP contribution < -0.4 is 19.5 Å². The van der Waals surface area contributed by atoms with Crippen molar-refractivity contribution in [2.45, 2.75) is 38.8 Å². The predicted octanol–water partition coefficient (Wildman–Crippen LogP) is 2.11. The second-order valence-corrected chi connectivity index (χ2v) is 5.32. The van der Waals surface area contributed by atoms with Crippen molar-refractivity contribution in [3.63, 3.8) is 0 Å². The van der Waals surface area contributed by atoms with Gasteiger partial charge in [-0.2, -0.15) is 0 Å². The lowest BCUT2D eigenvalue weighted by Crippen LogP contribution is -2.47. The molecule has 0 spiro atoms. The Morgan fingerprint density at radius 1 is 1.24 bits per heavy atom. The molecule has 2 rings (SSSR count). The number of aliphatic hydroxyl groups excluding tert-OH is 1. The molecule has 0 aromatic heterocycles. The normalized spacial score (nSPS) is 14.1. The van der Waals surface area contributed by atoms with Gasteiger partial charge >= 0.3 is 0 Å². The fraction of sp³-hybridized carbons (Fsp3) is 0.625. The number of fused-ring (bicyclic) bond motifs is 1. The lowest BCUT2D eigenvalue weighted by atomic mass is 9.93. The highest BCUT2D eigenvalue weighted by Crippen LogP contribution is 2.40. The average molecular weight is 295 g/mol. The first kappa shape index (κ1) is 15.9. The van der Waals surface area contributed by atoms with Gasteiger partial charge in [0.2, 0.25) is 5.75 Å². The van der Waals surface area contributed by atoms with Gasteiger partial charge in [-0.25, -0.2) is 0 Å². The van der Waals surface area contributed by atoms with Gasteiger partial charge in [-0.15, -0.1) is 0 Å². The molecule has 1 aromatic carbocycles. The summed E-state index contributed by atoms with van der Waals surface area (Å²) in [5, 5.41) is 13.1. The minimum absolute atomic E-state index is 0.127. The van der Waals surface area contributed by atoms with Gasteiger partial charge in [0, 0.05) is 12.1 Å². The fourth-order valence-corrected chi connectivity index (χ4v) is 2.50. The summed E-state index contributed by atoms with van der Waals surface area (Å²) in [5.41, 5.74) is 0.816. The number of rotatable bonds is 7. The Morgan fingerprint density at radius 2 is 1.95 bits per heavy atom. The molecule has 0 fully saturated rings. The standard InChI is InChI=1S/C16H25NO4/c1-4-16(5-2,11-18)17-10-12-8-13(19-3)15-14(9-12)20-6-7-21-15/h8-9,17-18H,4-7,10-11H2,1-3H3. The number of methoxy groups -OCH3 is 1. The molecule has 0 unspecified atom stereocenters. The summed E-state index contributed by atoms with van der Waals surface area (Å²) in [7, 11) is 1.63. The van der Waals surface area contributed by atoms with Crippen molar-refractivity contribution in [2.24, 2.45) is 0 Å². The van der Waals surface area contributed by atoms with E-state index >= 15 is 0 Å². The second-order valence-electron chi connectivity index (χ2n) is 5.32. The molecule has 0 bridgehead atoms. The SMILES string of the molecule is CCC(CC)(CO)NCc1cc(OC)c2c(c1)OCCO2. The molecule has 0 radical (unpaired) electrons. The van der Waals surface area contributed by atoms with Gasteiger partial charge in [0.1, 0.15) is 13.2 Å². The van der Waals surface area contributed by atoms with Crippen LogP contribution in [0.25, 0.3) is 0 Å². The Labute approximate surface area is 126 Å². The second kappa shape index (κ2) is 7.00. The summed E-state index contributed by atoms with van der Waals surface area (Å²) in [6.45, 7) is 6.03. The molecule has 21 heavy (non-hydrogen) atoms. The molecule has 2 N–H and O–H groups in total. The van der Waals surface area contributed by atoms with Crippen LogP contribution in [0.4, 0.5) is 0 Å². The molecular formula is C16H25NO4. The third-order valence-electron chi connectivity index (χ3n) is 4.21. The quantitative estimate of drug-likeness (QED) is 0.807. The van der Waals surface area contributed by atoms with Crippen molar-refractivity contribution in [1.82, 2.24) is 5.32 Å². The highest BCUT2D eigenvalue weighted by Gasteiger charge is 2.25. The van der Waals surface area contributed by atoms with Crippen LogP contribution in [-0.2, 0) is 6.54 Å². The van der Waals surface area contributed by atoms with E-state index in [1.807, 2.05) is 12.1 Å². The van der Waals surface area contributed by atoms with E-state index in [9.17, 15) is 5.11 Å². The summed E-state index contributed by atoms with van der Waals surface area (Å²) in [6.07, 6.45) is 1.75. The molecule has 1 heterocycles. The van der Waals surface area contributed by atoms with Crippen molar-refractivity contribution in [2.75, 3.05) is 26.9 Å². The summed E-state index contributed by atoms with van der Waals surface area (Å²) in [6, 6.07) is 3.92. The number of benzene rings is 1.